The minimum Gasteiger partial charge on any atom is -0.507 e. The normalized spacial score (nSPS) is 25.3. The minimum absolute atomic E-state index is 0.0707. The molecule has 10 heteroatoms. The van der Waals surface area contributed by atoms with Crippen LogP contribution in [0.2, 0.25) is 0 Å². The summed E-state index contributed by atoms with van der Waals surface area (Å²) in [4.78, 5) is 27.3. The van der Waals surface area contributed by atoms with Gasteiger partial charge in [0.25, 0.3) is 0 Å². The van der Waals surface area contributed by atoms with E-state index in [-0.39, 0.29) is 17.4 Å². The molecule has 0 unspecified atom stereocenters. The molecule has 214 valence electrons. The van der Waals surface area contributed by atoms with Gasteiger partial charge in [0.05, 0.1) is 37.1 Å². The molecule has 0 amide bonds. The van der Waals surface area contributed by atoms with Gasteiger partial charge in [0.2, 0.25) is 5.79 Å². The number of epoxide rings is 1. The number of rotatable bonds is 6. The van der Waals surface area contributed by atoms with Gasteiger partial charge in [0.1, 0.15) is 35.0 Å². The number of carbonyl (C=O) groups excluding carboxylic acids is 1. The maximum Gasteiger partial charge on any atom is 0.344 e. The molecule has 5 atom stereocenters. The van der Waals surface area contributed by atoms with Crippen LogP contribution in [-0.2, 0) is 24.8 Å². The zero-order valence-electron chi connectivity index (χ0n) is 23.6. The summed E-state index contributed by atoms with van der Waals surface area (Å²) in [6.45, 7) is 6.99. The van der Waals surface area contributed by atoms with E-state index in [0.29, 0.717) is 49.6 Å². The van der Waals surface area contributed by atoms with Crippen LogP contribution in [0.3, 0.4) is 0 Å². The van der Waals surface area contributed by atoms with Crippen LogP contribution in [0.25, 0.3) is 38.6 Å². The van der Waals surface area contributed by atoms with Gasteiger partial charge in [-0.3, -0.25) is 4.79 Å². The van der Waals surface area contributed by atoms with E-state index in [1.54, 1.807) is 30.3 Å². The van der Waals surface area contributed by atoms with Crippen LogP contribution in [0.4, 0.5) is 0 Å². The number of benzene rings is 3. The average molecular weight is 562 g/mol. The number of carbonyl (C=O) groups is 1. The molecule has 1 N–H and O–H groups in total. The number of ether oxygens (including phenoxy) is 5. The highest BCUT2D eigenvalue weighted by Gasteiger charge is 2.70. The third-order valence-corrected chi connectivity index (χ3v) is 8.02. The summed E-state index contributed by atoms with van der Waals surface area (Å²) in [5.74, 6) is -0.939. The lowest BCUT2D eigenvalue weighted by Crippen LogP contribution is -2.56. The monoisotopic (exact) mass is 561 g/mol. The number of aromatic hydroxyl groups is 1. The van der Waals surface area contributed by atoms with Crippen LogP contribution < -0.4 is 15.1 Å². The third kappa shape index (κ3) is 3.89. The third-order valence-electron chi connectivity index (χ3n) is 8.02. The van der Waals surface area contributed by atoms with Gasteiger partial charge in [-0.1, -0.05) is 12.7 Å². The molecule has 3 aromatic carbocycles. The Bertz CT molecular complexity index is 1810. The first-order valence-corrected chi connectivity index (χ1v) is 13.2. The molecule has 6 rings (SSSR count). The van der Waals surface area contributed by atoms with Crippen molar-refractivity contribution in [3.05, 3.63) is 58.5 Å². The Morgan fingerprint density at radius 1 is 1.05 bits per heavy atom. The quantitative estimate of drug-likeness (QED) is 0.158. The first kappa shape index (κ1) is 27.1. The van der Waals surface area contributed by atoms with Gasteiger partial charge in [0, 0.05) is 28.6 Å². The van der Waals surface area contributed by atoms with E-state index in [4.69, 9.17) is 28.1 Å². The van der Waals surface area contributed by atoms with Crippen molar-refractivity contribution in [3.63, 3.8) is 0 Å². The van der Waals surface area contributed by atoms with Gasteiger partial charge in [-0.25, -0.2) is 4.79 Å². The van der Waals surface area contributed by atoms with Crippen LogP contribution in [0.15, 0.2) is 46.1 Å². The van der Waals surface area contributed by atoms with Crippen molar-refractivity contribution in [2.45, 2.75) is 44.0 Å². The molecule has 0 spiro atoms. The van der Waals surface area contributed by atoms with Gasteiger partial charge >= 0.3 is 11.6 Å². The summed E-state index contributed by atoms with van der Waals surface area (Å²) in [6.07, 6.45) is -0.0268. The summed E-state index contributed by atoms with van der Waals surface area (Å²) >= 11 is 0. The van der Waals surface area contributed by atoms with E-state index in [1.807, 2.05) is 25.9 Å². The van der Waals surface area contributed by atoms with Crippen molar-refractivity contribution in [1.82, 2.24) is 4.90 Å². The fraction of sp³-hybridized carbons (Fsp3) is 0.355. The van der Waals surface area contributed by atoms with E-state index in [2.05, 4.69) is 6.58 Å². The number of phenolic OH excluding ortho intramolecular Hbond substituents is 1. The van der Waals surface area contributed by atoms with Gasteiger partial charge in [0.15, 0.2) is 0 Å². The molecule has 2 aliphatic rings. The lowest BCUT2D eigenvalue weighted by atomic mass is 9.88. The van der Waals surface area contributed by atoms with E-state index in [9.17, 15) is 14.7 Å². The lowest BCUT2D eigenvalue weighted by molar-refractivity contribution is -0.184. The summed E-state index contributed by atoms with van der Waals surface area (Å²) in [6, 6.07) is 8.09. The van der Waals surface area contributed by atoms with Crippen molar-refractivity contribution in [1.29, 1.82) is 0 Å². The van der Waals surface area contributed by atoms with Crippen LogP contribution in [0.1, 0.15) is 25.0 Å². The zero-order chi connectivity index (χ0) is 29.4. The van der Waals surface area contributed by atoms with Gasteiger partial charge in [-0.05, 0) is 56.9 Å². The molecule has 1 aromatic heterocycles. The Hall–Kier alpha value is -4.12. The fourth-order valence-electron chi connectivity index (χ4n) is 6.26. The molecule has 10 nitrogen and oxygen atoms in total. The molecule has 4 aromatic rings. The predicted molar refractivity (Wildman–Crippen MR) is 152 cm³/mol. The molecule has 2 saturated heterocycles. The van der Waals surface area contributed by atoms with Crippen LogP contribution in [0, 0.1) is 0 Å². The van der Waals surface area contributed by atoms with Crippen LogP contribution in [-0.4, -0.2) is 68.6 Å². The standard InChI is InChI=1S/C31H31NO9/c1-8-16-11-18-23(21(12-16)36-6)17-13-22(37-7)25-20(34)10-9-19(24(25)28(17)39-30(18)35)31-29(41-31)26(32(4)5)27(14(2)40-31)38-15(3)33/h8-14,26-27,29,34H,1H2,2-7H3/t14-,26+,27+,29-,31+/m1/s1. The first-order chi connectivity index (χ1) is 19.6. The SMILES string of the molecule is C=Cc1cc(OC)c2c(c1)c(=O)oc1c2cc(OC)c2c(O)ccc([C@]34O[C@@H]3[C@@H](N(C)C)[C@@H](OC(C)=O)[C@@H](C)O4)c21. The highest BCUT2D eigenvalue weighted by atomic mass is 16.8. The number of fused-ring (bicyclic) bond motifs is 6. The van der Waals surface area contributed by atoms with Gasteiger partial charge < -0.3 is 38.1 Å². The molecule has 0 radical (unpaired) electrons. The number of hydrogen-bond acceptors (Lipinski definition) is 10. The topological polar surface area (TPSA) is 120 Å². The fourth-order valence-corrected chi connectivity index (χ4v) is 6.26. The van der Waals surface area contributed by atoms with Crippen molar-refractivity contribution >= 4 is 44.6 Å². The number of esters is 1. The van der Waals surface area contributed by atoms with Gasteiger partial charge in [-0.2, -0.15) is 0 Å². The van der Waals surface area contributed by atoms with E-state index in [1.165, 1.54) is 27.2 Å². The molecule has 2 aliphatic heterocycles. The van der Waals surface area contributed by atoms with Crippen molar-refractivity contribution in [2.75, 3.05) is 28.3 Å². The minimum atomic E-state index is -1.26. The second-order valence-corrected chi connectivity index (χ2v) is 10.6. The van der Waals surface area contributed by atoms with E-state index >= 15 is 0 Å². The Kier molecular flexibility index (Phi) is 6.25. The van der Waals surface area contributed by atoms with Crippen LogP contribution in [0.5, 0.6) is 17.2 Å². The lowest BCUT2D eigenvalue weighted by Gasteiger charge is -2.39. The highest BCUT2D eigenvalue weighted by Crippen LogP contribution is 2.58. The number of likely N-dealkylation sites (N-methyl/N-ethyl adjacent to an activating group) is 1. The number of nitrogens with zero attached hydrogens (tertiary/aromatic N) is 1. The number of phenols is 1. The van der Waals surface area contributed by atoms with E-state index < -0.39 is 35.7 Å². The summed E-state index contributed by atoms with van der Waals surface area (Å²) in [5, 5.41) is 13.2. The summed E-state index contributed by atoms with van der Waals surface area (Å²) in [5.41, 5.74) is 0.877. The molecule has 2 fully saturated rings. The second-order valence-electron chi connectivity index (χ2n) is 10.6. The number of hydrogen-bond donors (Lipinski definition) is 1. The average Bonchev–Trinajstić information content (AvgIpc) is 3.66. The van der Waals surface area contributed by atoms with E-state index in [0.717, 1.165) is 0 Å². The highest BCUT2D eigenvalue weighted by molar-refractivity contribution is 6.19. The first-order valence-electron chi connectivity index (χ1n) is 13.2. The summed E-state index contributed by atoms with van der Waals surface area (Å²) < 4.78 is 35.9. The molecule has 0 aliphatic carbocycles. The zero-order valence-corrected chi connectivity index (χ0v) is 23.6. The molecule has 41 heavy (non-hydrogen) atoms. The largest absolute Gasteiger partial charge is 0.507 e. The maximum absolute atomic E-state index is 13.5. The van der Waals surface area contributed by atoms with Crippen molar-refractivity contribution in [3.8, 4) is 17.2 Å². The smallest absolute Gasteiger partial charge is 0.344 e. The Labute approximate surface area is 235 Å². The maximum atomic E-state index is 13.5. The molecular formula is C31H31NO9. The Balaban J connectivity index is 1.70. The molecule has 0 saturated carbocycles. The predicted octanol–water partition coefficient (Wildman–Crippen LogP) is 4.30. The second kappa shape index (κ2) is 9.47. The van der Waals surface area contributed by atoms with Crippen molar-refractivity contribution < 1.29 is 38.0 Å². The Morgan fingerprint density at radius 3 is 2.39 bits per heavy atom. The number of methoxy groups -OCH3 is 2. The Morgan fingerprint density at radius 2 is 1.76 bits per heavy atom. The molecule has 3 heterocycles. The molecular weight excluding hydrogens is 530 g/mol. The van der Waals surface area contributed by atoms with Crippen molar-refractivity contribution in [2.24, 2.45) is 0 Å². The van der Waals surface area contributed by atoms with Crippen LogP contribution >= 0.6 is 0 Å². The summed E-state index contributed by atoms with van der Waals surface area (Å²) in [7, 11) is 6.79. The molecule has 0 bridgehead atoms. The van der Waals surface area contributed by atoms with Gasteiger partial charge in [-0.15, -0.1) is 0 Å².